The van der Waals surface area contributed by atoms with E-state index in [9.17, 15) is 0 Å². The minimum atomic E-state index is 0.656. The Morgan fingerprint density at radius 3 is 3.00 bits per heavy atom. The average molecular weight is 239 g/mol. The molecule has 5 heteroatoms. The van der Waals surface area contributed by atoms with Crippen LogP contribution < -0.4 is 11.3 Å². The Labute approximate surface area is 104 Å². The van der Waals surface area contributed by atoms with Crippen molar-refractivity contribution in [3.8, 4) is 0 Å². The average Bonchev–Trinajstić information content (AvgIpc) is 2.83. The van der Waals surface area contributed by atoms with E-state index in [1.807, 2.05) is 35.1 Å². The van der Waals surface area contributed by atoms with Gasteiger partial charge in [0.25, 0.3) is 0 Å². The molecule has 0 bridgehead atoms. The second-order valence-electron chi connectivity index (χ2n) is 4.05. The van der Waals surface area contributed by atoms with E-state index in [-0.39, 0.29) is 0 Å². The van der Waals surface area contributed by atoms with E-state index in [1.165, 1.54) is 0 Å². The highest BCUT2D eigenvalue weighted by molar-refractivity contribution is 5.78. The van der Waals surface area contributed by atoms with E-state index >= 15 is 0 Å². The van der Waals surface area contributed by atoms with Gasteiger partial charge < -0.3 is 5.43 Å². The van der Waals surface area contributed by atoms with Crippen molar-refractivity contribution in [3.05, 3.63) is 54.4 Å². The summed E-state index contributed by atoms with van der Waals surface area (Å²) in [5.74, 6) is 6.00. The second-order valence-corrected chi connectivity index (χ2v) is 4.05. The van der Waals surface area contributed by atoms with Crippen LogP contribution in [0.15, 0.2) is 48.8 Å². The maximum Gasteiger partial charge on any atom is 0.140 e. The lowest BCUT2D eigenvalue weighted by Gasteiger charge is -2.05. The van der Waals surface area contributed by atoms with E-state index in [0.29, 0.717) is 12.4 Å². The predicted molar refractivity (Wildman–Crippen MR) is 70.9 cm³/mol. The molecule has 90 valence electrons. The number of hydrazine groups is 1. The summed E-state index contributed by atoms with van der Waals surface area (Å²) in [4.78, 5) is 4.08. The van der Waals surface area contributed by atoms with E-state index < -0.39 is 0 Å². The largest absolute Gasteiger partial charge is 0.308 e. The van der Waals surface area contributed by atoms with Crippen molar-refractivity contribution in [1.29, 1.82) is 0 Å². The number of para-hydroxylation sites is 1. The maximum absolute atomic E-state index is 5.35. The van der Waals surface area contributed by atoms with Gasteiger partial charge in [0.15, 0.2) is 0 Å². The SMILES string of the molecule is NNc1cc(Cn2ncc3ccccc32)ccn1. The van der Waals surface area contributed by atoms with Crippen molar-refractivity contribution in [1.82, 2.24) is 14.8 Å². The van der Waals surface area contributed by atoms with Crippen molar-refractivity contribution < 1.29 is 0 Å². The van der Waals surface area contributed by atoms with Crippen LogP contribution in [-0.2, 0) is 6.54 Å². The molecule has 0 saturated heterocycles. The third-order valence-corrected chi connectivity index (χ3v) is 2.86. The van der Waals surface area contributed by atoms with Gasteiger partial charge in [-0.3, -0.25) is 4.68 Å². The van der Waals surface area contributed by atoms with Crippen LogP contribution in [0.4, 0.5) is 5.82 Å². The highest BCUT2D eigenvalue weighted by Crippen LogP contribution is 2.15. The van der Waals surface area contributed by atoms with Crippen LogP contribution in [-0.4, -0.2) is 14.8 Å². The highest BCUT2D eigenvalue weighted by Gasteiger charge is 2.03. The molecule has 1 aromatic carbocycles. The van der Waals surface area contributed by atoms with Crippen LogP contribution in [0.3, 0.4) is 0 Å². The van der Waals surface area contributed by atoms with Crippen molar-refractivity contribution in [2.45, 2.75) is 6.54 Å². The third-order valence-electron chi connectivity index (χ3n) is 2.86. The standard InChI is InChI=1S/C13H13N5/c14-17-13-7-10(5-6-15-13)9-18-12-4-2-1-3-11(12)8-16-18/h1-8H,9,14H2,(H,15,17). The van der Waals surface area contributed by atoms with Crippen molar-refractivity contribution in [2.75, 3.05) is 5.43 Å². The molecule has 18 heavy (non-hydrogen) atoms. The quantitative estimate of drug-likeness (QED) is 0.540. The highest BCUT2D eigenvalue weighted by atomic mass is 15.3. The Hall–Kier alpha value is -2.40. The van der Waals surface area contributed by atoms with E-state index in [4.69, 9.17) is 5.84 Å². The lowest BCUT2D eigenvalue weighted by molar-refractivity contribution is 0.711. The molecule has 0 aliphatic heterocycles. The summed E-state index contributed by atoms with van der Waals surface area (Å²) in [5, 5.41) is 5.53. The molecule has 0 saturated carbocycles. The minimum Gasteiger partial charge on any atom is -0.308 e. The number of nitrogens with two attached hydrogens (primary N) is 1. The van der Waals surface area contributed by atoms with Crippen LogP contribution in [0.2, 0.25) is 0 Å². The first-order valence-electron chi connectivity index (χ1n) is 5.69. The molecule has 0 fully saturated rings. The summed E-state index contributed by atoms with van der Waals surface area (Å²) >= 11 is 0. The van der Waals surface area contributed by atoms with Gasteiger partial charge in [0.05, 0.1) is 18.3 Å². The number of anilines is 1. The maximum atomic E-state index is 5.35. The first-order chi connectivity index (χ1) is 8.86. The monoisotopic (exact) mass is 239 g/mol. The van der Waals surface area contributed by atoms with Gasteiger partial charge in [-0.1, -0.05) is 18.2 Å². The number of hydrogen-bond donors (Lipinski definition) is 2. The van der Waals surface area contributed by atoms with Gasteiger partial charge in [-0.25, -0.2) is 10.8 Å². The van der Waals surface area contributed by atoms with Crippen LogP contribution >= 0.6 is 0 Å². The lowest BCUT2D eigenvalue weighted by atomic mass is 10.2. The molecule has 3 N–H and O–H groups in total. The molecule has 0 spiro atoms. The molecule has 0 unspecified atom stereocenters. The Balaban J connectivity index is 1.96. The van der Waals surface area contributed by atoms with Gasteiger partial charge in [-0.2, -0.15) is 5.10 Å². The molecular formula is C13H13N5. The van der Waals surface area contributed by atoms with Gasteiger partial charge in [-0.05, 0) is 23.8 Å². The zero-order chi connectivity index (χ0) is 12.4. The van der Waals surface area contributed by atoms with E-state index in [1.54, 1.807) is 6.20 Å². The molecule has 5 nitrogen and oxygen atoms in total. The normalized spacial score (nSPS) is 10.7. The molecule has 0 aliphatic carbocycles. The predicted octanol–water partition coefficient (Wildman–Crippen LogP) is 1.77. The second kappa shape index (κ2) is 4.46. The molecule has 2 heterocycles. The smallest absolute Gasteiger partial charge is 0.140 e. The lowest BCUT2D eigenvalue weighted by Crippen LogP contribution is -2.09. The summed E-state index contributed by atoms with van der Waals surface area (Å²) in [6, 6.07) is 12.0. The molecule has 2 aromatic heterocycles. The molecule has 0 atom stereocenters. The Morgan fingerprint density at radius 1 is 1.22 bits per heavy atom. The van der Waals surface area contributed by atoms with Crippen LogP contribution in [0.5, 0.6) is 0 Å². The summed E-state index contributed by atoms with van der Waals surface area (Å²) in [6.45, 7) is 0.699. The minimum absolute atomic E-state index is 0.656. The fourth-order valence-corrected chi connectivity index (χ4v) is 1.98. The van der Waals surface area contributed by atoms with Crippen LogP contribution in [0.1, 0.15) is 5.56 Å². The molecular weight excluding hydrogens is 226 g/mol. The van der Waals surface area contributed by atoms with Crippen LogP contribution in [0, 0.1) is 0 Å². The molecule has 3 rings (SSSR count). The van der Waals surface area contributed by atoms with Crippen molar-refractivity contribution in [2.24, 2.45) is 5.84 Å². The fraction of sp³-hybridized carbons (Fsp3) is 0.0769. The first-order valence-corrected chi connectivity index (χ1v) is 5.69. The summed E-state index contributed by atoms with van der Waals surface area (Å²) in [5.41, 5.74) is 4.77. The topological polar surface area (TPSA) is 68.8 Å². The van der Waals surface area contributed by atoms with E-state index in [2.05, 4.69) is 27.6 Å². The first kappa shape index (κ1) is 10.7. The van der Waals surface area contributed by atoms with Gasteiger partial charge in [0, 0.05) is 11.6 Å². The number of rotatable bonds is 3. The Kier molecular flexibility index (Phi) is 2.66. The molecule has 0 amide bonds. The zero-order valence-electron chi connectivity index (χ0n) is 9.74. The summed E-state index contributed by atoms with van der Waals surface area (Å²) in [6.07, 6.45) is 3.61. The number of benzene rings is 1. The summed E-state index contributed by atoms with van der Waals surface area (Å²) < 4.78 is 1.96. The Morgan fingerprint density at radius 2 is 2.11 bits per heavy atom. The van der Waals surface area contributed by atoms with Gasteiger partial charge in [0.1, 0.15) is 5.82 Å². The fourth-order valence-electron chi connectivity index (χ4n) is 1.98. The van der Waals surface area contributed by atoms with Crippen molar-refractivity contribution in [3.63, 3.8) is 0 Å². The molecule has 0 radical (unpaired) electrons. The number of aromatic nitrogens is 3. The number of pyridine rings is 1. The number of nitrogens with one attached hydrogen (secondary N) is 1. The number of hydrogen-bond acceptors (Lipinski definition) is 4. The molecule has 3 aromatic rings. The van der Waals surface area contributed by atoms with Crippen molar-refractivity contribution >= 4 is 16.7 Å². The Bertz CT molecular complexity index is 674. The third kappa shape index (κ3) is 1.91. The van der Waals surface area contributed by atoms with Gasteiger partial charge >= 0.3 is 0 Å². The number of nitrogens with zero attached hydrogens (tertiary/aromatic N) is 3. The zero-order valence-corrected chi connectivity index (χ0v) is 9.74. The summed E-state index contributed by atoms with van der Waals surface area (Å²) in [7, 11) is 0. The van der Waals surface area contributed by atoms with Crippen LogP contribution in [0.25, 0.3) is 10.9 Å². The van der Waals surface area contributed by atoms with Gasteiger partial charge in [-0.15, -0.1) is 0 Å². The number of fused-ring (bicyclic) bond motifs is 1. The number of nitrogen functional groups attached to an aromatic ring is 1. The molecule has 0 aliphatic rings. The van der Waals surface area contributed by atoms with E-state index in [0.717, 1.165) is 16.5 Å². The van der Waals surface area contributed by atoms with Gasteiger partial charge in [0.2, 0.25) is 0 Å².